The molecule has 7 aromatic heterocycles. The second-order valence-corrected chi connectivity index (χ2v) is 19.8. The third kappa shape index (κ3) is 9.36. The smallest absolute Gasteiger partial charge is 0.259 e. The zero-order chi connectivity index (χ0) is 52.9. The number of aliphatic hydroxyl groups is 2. The molecule has 0 bridgehead atoms. The summed E-state index contributed by atoms with van der Waals surface area (Å²) in [4.78, 5) is 21.3. The fraction of sp³-hybridized carbons (Fsp3) is 0.352. The van der Waals surface area contributed by atoms with E-state index in [0.29, 0.717) is 89.6 Å². The summed E-state index contributed by atoms with van der Waals surface area (Å²) in [7, 11) is 7.02. The lowest BCUT2D eigenvalue weighted by molar-refractivity contribution is 0.109. The maximum Gasteiger partial charge on any atom is 0.259 e. The third-order valence-electron chi connectivity index (χ3n) is 14.1. The Hall–Kier alpha value is -7.29. The number of pyridine rings is 4. The van der Waals surface area contributed by atoms with Gasteiger partial charge in [-0.3, -0.25) is 9.97 Å². The Morgan fingerprint density at radius 3 is 1.72 bits per heavy atom. The number of piperidine rings is 1. The predicted octanol–water partition coefficient (Wildman–Crippen LogP) is 7.92. The maximum atomic E-state index is 12.9. The number of methoxy groups -OCH3 is 1. The van der Waals surface area contributed by atoms with E-state index in [2.05, 4.69) is 47.7 Å². The van der Waals surface area contributed by atoms with E-state index in [1.807, 2.05) is 58.0 Å². The Balaban J connectivity index is 0.943. The number of aryl methyl sites for hydroxylation is 7. The van der Waals surface area contributed by atoms with Crippen LogP contribution in [-0.2, 0) is 38.3 Å². The number of rotatable bonds is 16. The highest BCUT2D eigenvalue weighted by molar-refractivity contribution is 6.37. The fourth-order valence-corrected chi connectivity index (χ4v) is 10.6. The lowest BCUT2D eigenvalue weighted by Crippen LogP contribution is -2.35. The van der Waals surface area contributed by atoms with Gasteiger partial charge in [-0.15, -0.1) is 10.2 Å². The topological polar surface area (TPSA) is 220 Å². The largest absolute Gasteiger partial charge is 0.483 e. The van der Waals surface area contributed by atoms with E-state index in [1.165, 1.54) is 18.0 Å². The van der Waals surface area contributed by atoms with Gasteiger partial charge in [0.25, 0.3) is 11.8 Å². The molecule has 0 saturated carbocycles. The van der Waals surface area contributed by atoms with Gasteiger partial charge in [-0.2, -0.15) is 0 Å². The van der Waals surface area contributed by atoms with Crippen molar-refractivity contribution in [1.29, 1.82) is 0 Å². The molecular formula is C54H56Cl2N12O7. The minimum Gasteiger partial charge on any atom is -0.483 e. The molecular weight excluding hydrogens is 1000 g/mol. The Kier molecular flexibility index (Phi) is 14.0. The first kappa shape index (κ1) is 51.2. The molecule has 1 saturated heterocycles. The van der Waals surface area contributed by atoms with Crippen molar-refractivity contribution in [3.63, 3.8) is 0 Å². The molecule has 0 spiro atoms. The second kappa shape index (κ2) is 20.4. The van der Waals surface area contributed by atoms with Gasteiger partial charge in [-0.05, 0) is 102 Å². The highest BCUT2D eigenvalue weighted by Gasteiger charge is 2.41. The lowest BCUT2D eigenvalue weighted by Gasteiger charge is -2.31. The van der Waals surface area contributed by atoms with Crippen LogP contribution in [0.25, 0.3) is 21.8 Å². The highest BCUT2D eigenvalue weighted by Crippen LogP contribution is 2.46. The molecule has 75 heavy (non-hydrogen) atoms. The van der Waals surface area contributed by atoms with Gasteiger partial charge in [-0.1, -0.05) is 63.1 Å². The average molecular weight is 1060 g/mol. The summed E-state index contributed by atoms with van der Waals surface area (Å²) < 4.78 is 34.2. The van der Waals surface area contributed by atoms with Gasteiger partial charge in [0.1, 0.15) is 18.5 Å². The molecule has 19 nitrogen and oxygen atoms in total. The van der Waals surface area contributed by atoms with E-state index in [4.69, 9.17) is 56.6 Å². The molecule has 21 heteroatoms. The van der Waals surface area contributed by atoms with Crippen molar-refractivity contribution in [2.45, 2.75) is 77.8 Å². The van der Waals surface area contributed by atoms with Gasteiger partial charge in [0.2, 0.25) is 11.5 Å². The number of halogens is 2. The minimum atomic E-state index is -1.72. The third-order valence-corrected chi connectivity index (χ3v) is 14.8. The molecule has 1 fully saturated rings. The summed E-state index contributed by atoms with van der Waals surface area (Å²) in [6.45, 7) is 11.1. The van der Waals surface area contributed by atoms with Gasteiger partial charge in [0.15, 0.2) is 11.2 Å². The molecule has 0 radical (unpaired) electrons. The van der Waals surface area contributed by atoms with Crippen LogP contribution in [0.4, 0.5) is 0 Å². The summed E-state index contributed by atoms with van der Waals surface area (Å²) in [6.07, 6.45) is 4.76. The SMILES string of the molecule is COc1nc2ccc(C(O)(c3ccc(C)nc3C)c3cnnn3C)cc2c(Cl)c1OCc1c(CCOc2nc3ccc(C(O)(c4ccc(C)nc4C)c4cnnn4C)cc3c(Cl)c2OC2CCN(C)CC2)noc1C. The van der Waals surface area contributed by atoms with Crippen LogP contribution in [0.5, 0.6) is 23.3 Å². The molecule has 1 aliphatic heterocycles. The number of hydrogen-bond acceptors (Lipinski definition) is 17. The number of ether oxygens (including phenoxy) is 4. The van der Waals surface area contributed by atoms with Crippen LogP contribution in [0, 0.1) is 34.6 Å². The van der Waals surface area contributed by atoms with Gasteiger partial charge in [0.05, 0.1) is 69.8 Å². The normalized spacial score (nSPS) is 15.1. The first-order valence-electron chi connectivity index (χ1n) is 24.4. The molecule has 2 N–H and O–H groups in total. The molecule has 8 heterocycles. The number of nitrogens with zero attached hydrogens (tertiary/aromatic N) is 12. The zero-order valence-electron chi connectivity index (χ0n) is 43.0. The molecule has 2 unspecified atom stereocenters. The van der Waals surface area contributed by atoms with E-state index in [1.54, 1.807) is 62.2 Å². The standard InChI is InChI=1S/C54H56Cl2N12O7/c1-29-10-14-40(31(3)59-29)53(69,45-26-57-64-67(45)7)34-12-16-42-37(24-34)47(55)49(51(61-42)71-9)73-28-39-33(5)75-63-44(39)20-23-72-52-50(74-36-18-21-66(6)22-19-36)48(56)38-25-35(13-17-43(38)62-52)54(70,46-27-58-65-68(46)8)41-15-11-30(2)60-32(41)4/h10-17,24-27,36,69-70H,18-23,28H2,1-9H3. The van der Waals surface area contributed by atoms with E-state index in [0.717, 1.165) is 37.3 Å². The van der Waals surface area contributed by atoms with Crippen molar-refractivity contribution in [2.75, 3.05) is 33.9 Å². The van der Waals surface area contributed by atoms with Crippen LogP contribution < -0.4 is 18.9 Å². The van der Waals surface area contributed by atoms with E-state index in [9.17, 15) is 10.2 Å². The maximum absolute atomic E-state index is 12.9. The summed E-state index contributed by atoms with van der Waals surface area (Å²) in [5.41, 5.74) is 4.73. The van der Waals surface area contributed by atoms with Crippen LogP contribution >= 0.6 is 23.2 Å². The highest BCUT2D eigenvalue weighted by atomic mass is 35.5. The first-order chi connectivity index (χ1) is 36.0. The zero-order valence-corrected chi connectivity index (χ0v) is 44.5. The van der Waals surface area contributed by atoms with E-state index in [-0.39, 0.29) is 53.3 Å². The summed E-state index contributed by atoms with van der Waals surface area (Å²) in [5, 5.41) is 48.1. The minimum absolute atomic E-state index is 0.0151. The first-order valence-corrected chi connectivity index (χ1v) is 25.2. The quantitative estimate of drug-likeness (QED) is 0.0939. The predicted molar refractivity (Wildman–Crippen MR) is 280 cm³/mol. The number of likely N-dealkylation sites (tertiary alicyclic amines) is 1. The van der Waals surface area contributed by atoms with E-state index < -0.39 is 11.2 Å². The van der Waals surface area contributed by atoms with Crippen LogP contribution in [0.1, 0.15) is 86.3 Å². The fourth-order valence-electron chi connectivity index (χ4n) is 10.0. The van der Waals surface area contributed by atoms with Gasteiger partial charge < -0.3 is 38.6 Å². The molecule has 2 aromatic carbocycles. The van der Waals surface area contributed by atoms with Crippen molar-refractivity contribution < 1.29 is 33.7 Å². The van der Waals surface area contributed by atoms with Crippen LogP contribution in [0.15, 0.2) is 77.6 Å². The van der Waals surface area contributed by atoms with Crippen molar-refractivity contribution in [2.24, 2.45) is 14.1 Å². The summed E-state index contributed by atoms with van der Waals surface area (Å²) in [6, 6.07) is 18.2. The van der Waals surface area contributed by atoms with E-state index >= 15 is 0 Å². The number of aromatic nitrogens is 11. The number of benzene rings is 2. The second-order valence-electron chi connectivity index (χ2n) is 19.0. The Bertz CT molecular complexity index is 3610. The van der Waals surface area contributed by atoms with Crippen molar-refractivity contribution in [1.82, 2.24) is 60.0 Å². The molecule has 2 atom stereocenters. The summed E-state index contributed by atoms with van der Waals surface area (Å²) >= 11 is 14.6. The van der Waals surface area contributed by atoms with Crippen LogP contribution in [0.3, 0.4) is 0 Å². The van der Waals surface area contributed by atoms with Gasteiger partial charge >= 0.3 is 0 Å². The van der Waals surface area contributed by atoms with Gasteiger partial charge in [-0.25, -0.2) is 19.3 Å². The van der Waals surface area contributed by atoms with Crippen molar-refractivity contribution >= 4 is 45.0 Å². The molecule has 388 valence electrons. The van der Waals surface area contributed by atoms with Crippen molar-refractivity contribution in [3.8, 4) is 23.3 Å². The number of hydrogen-bond donors (Lipinski definition) is 2. The Morgan fingerprint density at radius 2 is 1.21 bits per heavy atom. The van der Waals surface area contributed by atoms with Gasteiger partial charge in [0, 0.05) is 78.3 Å². The molecule has 0 aliphatic carbocycles. The Labute approximate surface area is 442 Å². The average Bonchev–Trinajstić information content (AvgIpc) is 4.16. The Morgan fingerprint density at radius 1 is 0.680 bits per heavy atom. The number of fused-ring (bicyclic) bond motifs is 2. The monoisotopic (exact) mass is 1050 g/mol. The molecule has 10 rings (SSSR count). The molecule has 1 aliphatic rings. The summed E-state index contributed by atoms with van der Waals surface area (Å²) in [5.74, 6) is 1.37. The molecule has 9 aromatic rings. The van der Waals surface area contributed by atoms with Crippen LogP contribution in [-0.4, -0.2) is 110 Å². The van der Waals surface area contributed by atoms with Crippen molar-refractivity contribution in [3.05, 3.63) is 157 Å². The van der Waals surface area contributed by atoms with Crippen LogP contribution in [0.2, 0.25) is 10.0 Å². The lowest BCUT2D eigenvalue weighted by atomic mass is 9.82. The molecule has 0 amide bonds.